The van der Waals surface area contributed by atoms with E-state index in [4.69, 9.17) is 18.9 Å². The summed E-state index contributed by atoms with van der Waals surface area (Å²) in [6.45, 7) is 2.89. The number of ether oxygens (including phenoxy) is 4. The molecule has 1 aliphatic heterocycles. The normalized spacial score (nSPS) is 14.1. The van der Waals surface area contributed by atoms with E-state index < -0.39 is 11.4 Å². The van der Waals surface area contributed by atoms with Crippen molar-refractivity contribution >= 4 is 5.97 Å². The molecule has 0 fully saturated rings. The largest absolute Gasteiger partial charge is 0.493 e. The van der Waals surface area contributed by atoms with Gasteiger partial charge in [-0.2, -0.15) is 0 Å². The third kappa shape index (κ3) is 5.07. The van der Waals surface area contributed by atoms with Crippen molar-refractivity contribution in [1.82, 2.24) is 4.57 Å². The van der Waals surface area contributed by atoms with Gasteiger partial charge in [0.25, 0.3) is 0 Å². The molecule has 1 atom stereocenters. The molecule has 0 saturated carbocycles. The van der Waals surface area contributed by atoms with Crippen LogP contribution in [0.2, 0.25) is 0 Å². The number of carbonyl (C=O) groups excluding carboxylic acids is 1. The van der Waals surface area contributed by atoms with Crippen molar-refractivity contribution in [2.75, 3.05) is 34.0 Å². The molecule has 2 heterocycles. The number of esters is 1. The molecule has 2 aromatic carbocycles. The maximum Gasteiger partial charge on any atom is 0.343 e. The highest BCUT2D eigenvalue weighted by Crippen LogP contribution is 2.42. The average molecular weight is 482 g/mol. The molecular formula is C27H28FNO6. The van der Waals surface area contributed by atoms with Crippen molar-refractivity contribution < 1.29 is 28.1 Å². The molecule has 0 N–H and O–H groups in total. The second-order valence-corrected chi connectivity index (χ2v) is 8.19. The molecule has 0 amide bonds. The monoisotopic (exact) mass is 481 g/mol. The maximum atomic E-state index is 13.7. The van der Waals surface area contributed by atoms with E-state index in [1.165, 1.54) is 24.4 Å². The summed E-state index contributed by atoms with van der Waals surface area (Å²) < 4.78 is 37.2. The Morgan fingerprint density at radius 2 is 1.86 bits per heavy atom. The van der Waals surface area contributed by atoms with Crippen LogP contribution in [0.25, 0.3) is 11.3 Å². The van der Waals surface area contributed by atoms with Crippen LogP contribution in [-0.2, 0) is 15.9 Å². The summed E-state index contributed by atoms with van der Waals surface area (Å²) in [6, 6.07) is 11.2. The molecule has 0 bridgehead atoms. The van der Waals surface area contributed by atoms with Gasteiger partial charge >= 0.3 is 5.97 Å². The number of fused-ring (bicyclic) bond motifs is 3. The van der Waals surface area contributed by atoms with E-state index in [-0.39, 0.29) is 24.0 Å². The van der Waals surface area contributed by atoms with Crippen LogP contribution >= 0.6 is 0 Å². The van der Waals surface area contributed by atoms with Crippen molar-refractivity contribution in [3.05, 3.63) is 81.4 Å². The van der Waals surface area contributed by atoms with Gasteiger partial charge in [-0.15, -0.1) is 0 Å². The Morgan fingerprint density at radius 3 is 2.54 bits per heavy atom. The third-order valence-electron chi connectivity index (χ3n) is 5.99. The predicted octanol–water partition coefficient (Wildman–Crippen LogP) is 4.40. The fourth-order valence-electron chi connectivity index (χ4n) is 4.32. The number of pyridine rings is 1. The van der Waals surface area contributed by atoms with Crippen LogP contribution in [0.1, 0.15) is 40.9 Å². The number of carbonyl (C=O) groups is 1. The molecule has 0 aliphatic carbocycles. The standard InChI is InChI=1S/C27H28FNO6/c1-4-34-27(31)21-16-29-22(17-6-8-19(28)9-7-17)12-18-13-26(35-11-5-10-32-2)25(33-3)14-20(18)23(29)15-24(21)30/h6-9,13-16,22H,4-5,10-12H2,1-3H3. The van der Waals surface area contributed by atoms with Gasteiger partial charge < -0.3 is 23.5 Å². The Bertz CT molecular complexity index is 1270. The summed E-state index contributed by atoms with van der Waals surface area (Å²) in [4.78, 5) is 25.3. The van der Waals surface area contributed by atoms with Gasteiger partial charge in [0.2, 0.25) is 0 Å². The first kappa shape index (κ1) is 24.5. The van der Waals surface area contributed by atoms with Crippen LogP contribution in [-0.4, -0.2) is 44.6 Å². The Morgan fingerprint density at radius 1 is 1.09 bits per heavy atom. The van der Waals surface area contributed by atoms with Gasteiger partial charge in [0.1, 0.15) is 11.4 Å². The smallest absolute Gasteiger partial charge is 0.343 e. The number of hydrogen-bond acceptors (Lipinski definition) is 6. The first-order valence-electron chi connectivity index (χ1n) is 11.5. The van der Waals surface area contributed by atoms with E-state index in [9.17, 15) is 14.0 Å². The van der Waals surface area contributed by atoms with E-state index in [2.05, 4.69) is 0 Å². The SMILES string of the molecule is CCOC(=O)c1cn2c(cc1=O)-c1cc(OC)c(OCCCOC)cc1CC2c1ccc(F)cc1. The fourth-order valence-corrected chi connectivity index (χ4v) is 4.32. The molecule has 184 valence electrons. The second-order valence-electron chi connectivity index (χ2n) is 8.19. The van der Waals surface area contributed by atoms with Gasteiger partial charge in [-0.05, 0) is 48.7 Å². The van der Waals surface area contributed by atoms with E-state index in [0.717, 1.165) is 23.1 Å². The minimum Gasteiger partial charge on any atom is -0.493 e. The lowest BCUT2D eigenvalue weighted by Gasteiger charge is -2.32. The minimum absolute atomic E-state index is 0.0452. The van der Waals surface area contributed by atoms with Crippen LogP contribution in [0.5, 0.6) is 11.5 Å². The minimum atomic E-state index is -0.672. The molecule has 1 unspecified atom stereocenters. The Kier molecular flexibility index (Phi) is 7.51. The third-order valence-corrected chi connectivity index (χ3v) is 5.99. The number of aromatic nitrogens is 1. The quantitative estimate of drug-likeness (QED) is 0.333. The first-order chi connectivity index (χ1) is 17.0. The molecule has 0 spiro atoms. The van der Waals surface area contributed by atoms with Gasteiger partial charge in [0.15, 0.2) is 16.9 Å². The number of rotatable bonds is 9. The lowest BCUT2D eigenvalue weighted by atomic mass is 9.88. The van der Waals surface area contributed by atoms with E-state index in [0.29, 0.717) is 36.8 Å². The van der Waals surface area contributed by atoms with Crippen LogP contribution in [0.15, 0.2) is 53.5 Å². The zero-order valence-electron chi connectivity index (χ0n) is 20.0. The van der Waals surface area contributed by atoms with E-state index >= 15 is 0 Å². The molecule has 3 aromatic rings. The highest BCUT2D eigenvalue weighted by molar-refractivity contribution is 5.89. The molecule has 4 rings (SSSR count). The van der Waals surface area contributed by atoms with E-state index in [1.54, 1.807) is 33.3 Å². The summed E-state index contributed by atoms with van der Waals surface area (Å²) in [6.07, 6.45) is 2.80. The molecule has 1 aliphatic rings. The number of methoxy groups -OCH3 is 2. The van der Waals surface area contributed by atoms with Crippen molar-refractivity contribution in [1.29, 1.82) is 0 Å². The lowest BCUT2D eigenvalue weighted by molar-refractivity contribution is 0.0523. The van der Waals surface area contributed by atoms with Gasteiger partial charge in [0.05, 0.1) is 32.1 Å². The molecule has 7 nitrogen and oxygen atoms in total. The van der Waals surface area contributed by atoms with Crippen LogP contribution in [0.3, 0.4) is 0 Å². The predicted molar refractivity (Wildman–Crippen MR) is 129 cm³/mol. The van der Waals surface area contributed by atoms with Gasteiger partial charge in [-0.3, -0.25) is 4.79 Å². The zero-order valence-corrected chi connectivity index (χ0v) is 20.0. The number of halogens is 1. The highest BCUT2D eigenvalue weighted by atomic mass is 19.1. The molecule has 35 heavy (non-hydrogen) atoms. The molecule has 8 heteroatoms. The van der Waals surface area contributed by atoms with Gasteiger partial charge in [-0.1, -0.05) is 12.1 Å². The summed E-state index contributed by atoms with van der Waals surface area (Å²) >= 11 is 0. The first-order valence-corrected chi connectivity index (χ1v) is 11.5. The second kappa shape index (κ2) is 10.7. The van der Waals surface area contributed by atoms with Gasteiger partial charge in [-0.25, -0.2) is 9.18 Å². The summed E-state index contributed by atoms with van der Waals surface area (Å²) in [5, 5.41) is 0. The van der Waals surface area contributed by atoms with Crippen molar-refractivity contribution in [2.45, 2.75) is 25.8 Å². The molecule has 0 radical (unpaired) electrons. The number of benzene rings is 2. The van der Waals surface area contributed by atoms with Crippen LogP contribution in [0.4, 0.5) is 4.39 Å². The zero-order chi connectivity index (χ0) is 24.9. The number of hydrogen-bond donors (Lipinski definition) is 0. The molecular weight excluding hydrogens is 453 g/mol. The van der Waals surface area contributed by atoms with Crippen LogP contribution < -0.4 is 14.9 Å². The summed E-state index contributed by atoms with van der Waals surface area (Å²) in [5.41, 5.74) is 2.75. The van der Waals surface area contributed by atoms with Crippen molar-refractivity contribution in [2.24, 2.45) is 0 Å². The maximum absolute atomic E-state index is 13.7. The molecule has 1 aromatic heterocycles. The number of nitrogens with zero attached hydrogens (tertiary/aromatic N) is 1. The average Bonchev–Trinajstić information content (AvgIpc) is 2.86. The Hall–Kier alpha value is -3.65. The molecule has 0 saturated heterocycles. The fraction of sp³-hybridized carbons (Fsp3) is 0.333. The summed E-state index contributed by atoms with van der Waals surface area (Å²) in [7, 11) is 3.20. The highest BCUT2D eigenvalue weighted by Gasteiger charge is 2.29. The topological polar surface area (TPSA) is 76.0 Å². The van der Waals surface area contributed by atoms with Crippen molar-refractivity contribution in [3.8, 4) is 22.8 Å². The summed E-state index contributed by atoms with van der Waals surface area (Å²) in [5.74, 6) is 0.122. The van der Waals surface area contributed by atoms with Crippen molar-refractivity contribution in [3.63, 3.8) is 0 Å². The Balaban J connectivity index is 1.85. The Labute approximate surface area is 203 Å². The van der Waals surface area contributed by atoms with Crippen LogP contribution in [0, 0.1) is 5.82 Å². The lowest BCUT2D eigenvalue weighted by Crippen LogP contribution is -2.27. The van der Waals surface area contributed by atoms with E-state index in [1.807, 2.05) is 16.7 Å². The van der Waals surface area contributed by atoms with Gasteiger partial charge in [0, 0.05) is 38.0 Å².